The average Bonchev–Trinajstić information content (AvgIpc) is 2.43. The number of aromatic hydroxyl groups is 2. The van der Waals surface area contributed by atoms with Crippen molar-refractivity contribution in [2.24, 2.45) is 0 Å². The maximum atomic E-state index is 9.34. The number of ether oxygens (including phenoxy) is 1. The van der Waals surface area contributed by atoms with E-state index in [2.05, 4.69) is 0 Å². The molecule has 3 heteroatoms. The van der Waals surface area contributed by atoms with Crippen LogP contribution >= 0.6 is 0 Å². The van der Waals surface area contributed by atoms with Gasteiger partial charge >= 0.3 is 0 Å². The number of rotatable bonds is 5. The molecule has 2 aromatic rings. The van der Waals surface area contributed by atoms with E-state index < -0.39 is 0 Å². The second kappa shape index (κ2) is 6.61. The molecule has 2 rings (SSSR count). The van der Waals surface area contributed by atoms with Crippen molar-refractivity contribution in [2.45, 2.75) is 6.61 Å². The molecule has 0 aliphatic heterocycles. The zero-order valence-corrected chi connectivity index (χ0v) is 10.5. The predicted octanol–water partition coefficient (Wildman–Crippen LogP) is 3.33. The highest BCUT2D eigenvalue weighted by Gasteiger charge is 1.97. The van der Waals surface area contributed by atoms with E-state index in [1.807, 2.05) is 42.5 Å². The van der Waals surface area contributed by atoms with Crippen LogP contribution in [-0.4, -0.2) is 16.8 Å². The molecule has 0 saturated heterocycles. The summed E-state index contributed by atoms with van der Waals surface area (Å²) in [5.41, 5.74) is 1.96. The molecule has 0 heterocycles. The lowest BCUT2D eigenvalue weighted by atomic mass is 10.2. The number of benzene rings is 2. The fraction of sp³-hybridized carbons (Fsp3) is 0.125. The molecule has 0 unspecified atom stereocenters. The lowest BCUT2D eigenvalue weighted by Gasteiger charge is -2.01. The smallest absolute Gasteiger partial charge is 0.157 e. The normalized spacial score (nSPS) is 10.9. The van der Waals surface area contributed by atoms with Crippen LogP contribution < -0.4 is 0 Å². The quantitative estimate of drug-likeness (QED) is 0.637. The van der Waals surface area contributed by atoms with Gasteiger partial charge in [-0.2, -0.15) is 0 Å². The van der Waals surface area contributed by atoms with Gasteiger partial charge in [-0.05, 0) is 23.3 Å². The van der Waals surface area contributed by atoms with Gasteiger partial charge in [0.15, 0.2) is 11.5 Å². The Morgan fingerprint density at radius 1 is 0.947 bits per heavy atom. The summed E-state index contributed by atoms with van der Waals surface area (Å²) in [7, 11) is 0. The number of phenols is 2. The zero-order chi connectivity index (χ0) is 13.5. The summed E-state index contributed by atoms with van der Waals surface area (Å²) in [6.07, 6.45) is 3.71. The molecule has 0 fully saturated rings. The van der Waals surface area contributed by atoms with Gasteiger partial charge in [0.2, 0.25) is 0 Å². The van der Waals surface area contributed by atoms with Gasteiger partial charge < -0.3 is 14.9 Å². The third-order valence-corrected chi connectivity index (χ3v) is 2.64. The minimum absolute atomic E-state index is 0.113. The number of hydrogen-bond donors (Lipinski definition) is 2. The van der Waals surface area contributed by atoms with E-state index in [0.29, 0.717) is 13.2 Å². The van der Waals surface area contributed by atoms with Gasteiger partial charge in [0.1, 0.15) is 0 Å². The van der Waals surface area contributed by atoms with Crippen LogP contribution in [0, 0.1) is 0 Å². The van der Waals surface area contributed by atoms with Gasteiger partial charge in [-0.1, -0.05) is 48.6 Å². The van der Waals surface area contributed by atoms with Crippen LogP contribution in [0.5, 0.6) is 11.5 Å². The Labute approximate surface area is 112 Å². The fourth-order valence-electron chi connectivity index (χ4n) is 1.65. The van der Waals surface area contributed by atoms with Crippen LogP contribution in [0.2, 0.25) is 0 Å². The molecule has 98 valence electrons. The van der Waals surface area contributed by atoms with Crippen molar-refractivity contribution < 1.29 is 14.9 Å². The maximum absolute atomic E-state index is 9.34. The summed E-state index contributed by atoms with van der Waals surface area (Å²) in [6.45, 7) is 1.07. The Bertz CT molecular complexity index is 547. The zero-order valence-electron chi connectivity index (χ0n) is 10.5. The summed E-state index contributed by atoms with van der Waals surface area (Å²) >= 11 is 0. The van der Waals surface area contributed by atoms with Crippen molar-refractivity contribution >= 4 is 6.08 Å². The van der Waals surface area contributed by atoms with Gasteiger partial charge in [-0.15, -0.1) is 0 Å². The molecule has 0 radical (unpaired) electrons. The minimum Gasteiger partial charge on any atom is -0.504 e. The molecule has 0 aromatic heterocycles. The molecule has 0 aliphatic carbocycles. The highest BCUT2D eigenvalue weighted by molar-refractivity contribution is 5.55. The average molecular weight is 256 g/mol. The van der Waals surface area contributed by atoms with Crippen molar-refractivity contribution in [2.75, 3.05) is 6.61 Å². The van der Waals surface area contributed by atoms with Crippen LogP contribution in [0.3, 0.4) is 0 Å². The van der Waals surface area contributed by atoms with Gasteiger partial charge in [-0.25, -0.2) is 0 Å². The second-order valence-electron chi connectivity index (χ2n) is 4.15. The third-order valence-electron chi connectivity index (χ3n) is 2.64. The van der Waals surface area contributed by atoms with Crippen molar-refractivity contribution in [1.29, 1.82) is 0 Å². The standard InChI is InChI=1S/C16H16O3/c17-15-9-8-13(11-16(15)18)7-4-10-19-12-14-5-2-1-3-6-14/h1-9,11,17-18H,10,12H2/b7-4+. The van der Waals surface area contributed by atoms with Gasteiger partial charge in [-0.3, -0.25) is 0 Å². The van der Waals surface area contributed by atoms with Crippen LogP contribution in [-0.2, 0) is 11.3 Å². The predicted molar refractivity (Wildman–Crippen MR) is 74.9 cm³/mol. The largest absolute Gasteiger partial charge is 0.504 e. The topological polar surface area (TPSA) is 49.7 Å². The van der Waals surface area contributed by atoms with E-state index in [4.69, 9.17) is 4.74 Å². The Hall–Kier alpha value is -2.26. The van der Waals surface area contributed by atoms with Gasteiger partial charge in [0.25, 0.3) is 0 Å². The molecule has 3 nitrogen and oxygen atoms in total. The second-order valence-corrected chi connectivity index (χ2v) is 4.15. The van der Waals surface area contributed by atoms with E-state index in [0.717, 1.165) is 11.1 Å². The first-order valence-corrected chi connectivity index (χ1v) is 6.06. The highest BCUT2D eigenvalue weighted by Crippen LogP contribution is 2.25. The SMILES string of the molecule is Oc1ccc(/C=C/COCc2ccccc2)cc1O. The van der Waals surface area contributed by atoms with Crippen molar-refractivity contribution in [3.8, 4) is 11.5 Å². The molecule has 0 spiro atoms. The first-order valence-electron chi connectivity index (χ1n) is 6.06. The third kappa shape index (κ3) is 4.16. The number of hydrogen-bond acceptors (Lipinski definition) is 3. The van der Waals surface area contributed by atoms with Gasteiger partial charge in [0, 0.05) is 0 Å². The van der Waals surface area contributed by atoms with Crippen LogP contribution in [0.25, 0.3) is 6.08 Å². The van der Waals surface area contributed by atoms with E-state index in [1.54, 1.807) is 6.07 Å². The summed E-state index contributed by atoms with van der Waals surface area (Å²) < 4.78 is 5.50. The fourth-order valence-corrected chi connectivity index (χ4v) is 1.65. The first kappa shape index (κ1) is 13.2. The molecule has 2 aromatic carbocycles. The number of phenolic OH excluding ortho intramolecular Hbond substituents is 2. The van der Waals surface area contributed by atoms with Crippen LogP contribution in [0.1, 0.15) is 11.1 Å². The lowest BCUT2D eigenvalue weighted by molar-refractivity contribution is 0.149. The molecular formula is C16H16O3. The molecule has 0 aliphatic rings. The van der Waals surface area contributed by atoms with E-state index >= 15 is 0 Å². The molecule has 0 saturated carbocycles. The molecule has 19 heavy (non-hydrogen) atoms. The van der Waals surface area contributed by atoms with Crippen molar-refractivity contribution in [1.82, 2.24) is 0 Å². The monoisotopic (exact) mass is 256 g/mol. The Balaban J connectivity index is 1.79. The Kier molecular flexibility index (Phi) is 4.59. The summed E-state index contributed by atoms with van der Waals surface area (Å²) in [5, 5.41) is 18.5. The highest BCUT2D eigenvalue weighted by atomic mass is 16.5. The van der Waals surface area contributed by atoms with Gasteiger partial charge in [0.05, 0.1) is 13.2 Å². The van der Waals surface area contributed by atoms with Crippen LogP contribution in [0.15, 0.2) is 54.6 Å². The van der Waals surface area contributed by atoms with Crippen molar-refractivity contribution in [3.63, 3.8) is 0 Å². The van der Waals surface area contributed by atoms with Crippen LogP contribution in [0.4, 0.5) is 0 Å². The van der Waals surface area contributed by atoms with E-state index in [-0.39, 0.29) is 11.5 Å². The lowest BCUT2D eigenvalue weighted by Crippen LogP contribution is -1.91. The molecule has 2 N–H and O–H groups in total. The van der Waals surface area contributed by atoms with E-state index in [1.165, 1.54) is 12.1 Å². The summed E-state index contributed by atoms with van der Waals surface area (Å²) in [6, 6.07) is 14.7. The Morgan fingerprint density at radius 3 is 2.47 bits per heavy atom. The van der Waals surface area contributed by atoms with E-state index in [9.17, 15) is 10.2 Å². The maximum Gasteiger partial charge on any atom is 0.157 e. The molecule has 0 amide bonds. The molecular weight excluding hydrogens is 240 g/mol. The summed E-state index contributed by atoms with van der Waals surface area (Å²) in [4.78, 5) is 0. The molecule has 0 bridgehead atoms. The first-order chi connectivity index (χ1) is 9.25. The summed E-state index contributed by atoms with van der Waals surface area (Å²) in [5.74, 6) is -0.232. The minimum atomic E-state index is -0.118. The molecule has 0 atom stereocenters. The Morgan fingerprint density at radius 2 is 1.74 bits per heavy atom. The van der Waals surface area contributed by atoms with Crippen molar-refractivity contribution in [3.05, 3.63) is 65.7 Å².